The van der Waals surface area contributed by atoms with Crippen molar-refractivity contribution in [1.82, 2.24) is 4.90 Å². The summed E-state index contributed by atoms with van der Waals surface area (Å²) < 4.78 is 82.0. The van der Waals surface area contributed by atoms with Gasteiger partial charge in [0, 0.05) is 18.3 Å². The van der Waals surface area contributed by atoms with Crippen molar-refractivity contribution in [3.05, 3.63) is 58.8 Å². The van der Waals surface area contributed by atoms with Gasteiger partial charge in [-0.05, 0) is 24.3 Å². The summed E-state index contributed by atoms with van der Waals surface area (Å²) in [6, 6.07) is 4.05. The predicted molar refractivity (Wildman–Crippen MR) is 111 cm³/mol. The van der Waals surface area contributed by atoms with E-state index < -0.39 is 41.0 Å². The Balaban J connectivity index is 1.96. The maximum atomic E-state index is 14.3. The number of ether oxygens (including phenoxy) is 3. The highest BCUT2D eigenvalue weighted by Gasteiger charge is 2.35. The predicted octanol–water partition coefficient (Wildman–Crippen LogP) is 3.46. The van der Waals surface area contributed by atoms with Crippen LogP contribution >= 0.6 is 0 Å². The molecule has 13 heteroatoms. The second-order valence-electron chi connectivity index (χ2n) is 7.15. The van der Waals surface area contributed by atoms with E-state index in [2.05, 4.69) is 10.1 Å². The van der Waals surface area contributed by atoms with Crippen molar-refractivity contribution >= 4 is 17.6 Å². The number of carbonyl (C=O) groups is 2. The van der Waals surface area contributed by atoms with Crippen molar-refractivity contribution in [2.24, 2.45) is 0 Å². The molecule has 3 rings (SSSR count). The van der Waals surface area contributed by atoms with Crippen LogP contribution in [0.3, 0.4) is 0 Å². The fourth-order valence-corrected chi connectivity index (χ4v) is 3.26. The molecule has 0 atom stereocenters. The second-order valence-corrected chi connectivity index (χ2v) is 7.15. The summed E-state index contributed by atoms with van der Waals surface area (Å²) in [5.74, 6) is -6.03. The van der Waals surface area contributed by atoms with E-state index in [1.165, 1.54) is 30.2 Å². The zero-order valence-corrected chi connectivity index (χ0v) is 18.3. The number of halogens is 5. The molecule has 0 fully saturated rings. The van der Waals surface area contributed by atoms with Gasteiger partial charge >= 0.3 is 12.1 Å². The highest BCUT2D eigenvalue weighted by molar-refractivity contribution is 6.08. The van der Waals surface area contributed by atoms with Crippen LogP contribution in [0.25, 0.3) is 0 Å². The van der Waals surface area contributed by atoms with E-state index in [1.807, 2.05) is 0 Å². The number of methoxy groups -OCH3 is 2. The molecule has 1 aliphatic heterocycles. The minimum Gasteiger partial charge on any atom is -0.493 e. The molecule has 0 aliphatic carbocycles. The second kappa shape index (κ2) is 10.2. The third-order valence-corrected chi connectivity index (χ3v) is 4.92. The summed E-state index contributed by atoms with van der Waals surface area (Å²) >= 11 is 0. The first kappa shape index (κ1) is 25.7. The van der Waals surface area contributed by atoms with Crippen LogP contribution in [0.5, 0.6) is 17.2 Å². The van der Waals surface area contributed by atoms with Gasteiger partial charge in [0.05, 0.1) is 38.5 Å². The highest BCUT2D eigenvalue weighted by atomic mass is 19.4. The van der Waals surface area contributed by atoms with Crippen LogP contribution in [-0.2, 0) is 20.5 Å². The molecular weight excluding hydrogens is 483 g/mol. The zero-order valence-electron chi connectivity index (χ0n) is 18.3. The molecule has 1 amide bonds. The summed E-state index contributed by atoms with van der Waals surface area (Å²) in [6.07, 6.45) is -4.97. The van der Waals surface area contributed by atoms with Gasteiger partial charge in [-0.3, -0.25) is 4.79 Å². The van der Waals surface area contributed by atoms with E-state index in [9.17, 15) is 31.5 Å². The molecule has 0 spiro atoms. The van der Waals surface area contributed by atoms with E-state index in [0.717, 1.165) is 7.11 Å². The molecule has 2 aromatic carbocycles. The molecule has 0 radical (unpaired) electrons. The lowest BCUT2D eigenvalue weighted by molar-refractivity contribution is -0.138. The fraction of sp³-hybridized carbons (Fsp3) is 0.273. The molecule has 2 aromatic rings. The van der Waals surface area contributed by atoms with Gasteiger partial charge in [0.2, 0.25) is 0 Å². The average Bonchev–Trinajstić information content (AvgIpc) is 3.10. The van der Waals surface area contributed by atoms with E-state index in [4.69, 9.17) is 14.6 Å². The number of amides is 1. The minimum atomic E-state index is -4.97. The number of hydrogen-bond donors (Lipinski definition) is 2. The number of rotatable bonds is 8. The van der Waals surface area contributed by atoms with Crippen LogP contribution in [0.4, 0.5) is 27.6 Å². The van der Waals surface area contributed by atoms with Gasteiger partial charge in [-0.1, -0.05) is 0 Å². The Labute approximate surface area is 195 Å². The van der Waals surface area contributed by atoms with E-state index >= 15 is 0 Å². The lowest BCUT2D eigenvalue weighted by Gasteiger charge is -2.16. The molecule has 8 nitrogen and oxygen atoms in total. The van der Waals surface area contributed by atoms with Crippen molar-refractivity contribution in [3.8, 4) is 17.2 Å². The Hall–Kier alpha value is -3.87. The smallest absolute Gasteiger partial charge is 0.416 e. The van der Waals surface area contributed by atoms with E-state index in [0.29, 0.717) is 0 Å². The topological polar surface area (TPSA) is 97.3 Å². The van der Waals surface area contributed by atoms with Crippen molar-refractivity contribution in [2.45, 2.75) is 6.18 Å². The lowest BCUT2D eigenvalue weighted by atomic mass is 10.2. The van der Waals surface area contributed by atoms with Crippen LogP contribution in [0, 0.1) is 11.6 Å². The first-order chi connectivity index (χ1) is 16.5. The highest BCUT2D eigenvalue weighted by Crippen LogP contribution is 2.39. The van der Waals surface area contributed by atoms with Gasteiger partial charge in [-0.15, -0.1) is 0 Å². The summed E-state index contributed by atoms with van der Waals surface area (Å²) in [7, 11) is 2.35. The maximum Gasteiger partial charge on any atom is 0.416 e. The fourth-order valence-electron chi connectivity index (χ4n) is 3.26. The molecule has 1 heterocycles. The molecule has 0 saturated heterocycles. The Morgan fingerprint density at radius 2 is 1.77 bits per heavy atom. The quantitative estimate of drug-likeness (QED) is 0.422. The van der Waals surface area contributed by atoms with Gasteiger partial charge in [-0.2, -0.15) is 13.2 Å². The number of β-amino-alcohol motifs (C(OH)–C–C–N with tert-alkyl or cyclic N) is 1. The first-order valence-electron chi connectivity index (χ1n) is 9.90. The third-order valence-electron chi connectivity index (χ3n) is 4.92. The zero-order chi connectivity index (χ0) is 25.9. The summed E-state index contributed by atoms with van der Waals surface area (Å²) in [5.41, 5.74) is -1.60. The number of aliphatic hydroxyl groups is 1. The van der Waals surface area contributed by atoms with Gasteiger partial charge in [0.25, 0.3) is 5.91 Å². The summed E-state index contributed by atoms with van der Waals surface area (Å²) in [6.45, 7) is -0.526. The number of carbonyl (C=O) groups excluding carboxylic acids is 2. The van der Waals surface area contributed by atoms with Crippen LogP contribution in [0.15, 0.2) is 41.6 Å². The van der Waals surface area contributed by atoms with Crippen LogP contribution in [0.2, 0.25) is 0 Å². The van der Waals surface area contributed by atoms with Crippen LogP contribution in [-0.4, -0.2) is 55.8 Å². The molecule has 1 aliphatic rings. The molecule has 188 valence electrons. The monoisotopic (exact) mass is 502 g/mol. The van der Waals surface area contributed by atoms with Crippen molar-refractivity contribution in [1.29, 1.82) is 0 Å². The molecular formula is C22H19F5N2O6. The molecule has 2 N–H and O–H groups in total. The maximum absolute atomic E-state index is 14.3. The standard InChI is InChI=1S/C22H19F5N2O6/c1-33-16-4-3-12(28-18-13(21(32)34-2)10-29(5-6-30)20(18)31)9-17(16)35-19-14(23)7-11(8-15(19)24)22(25,26)27/h3-4,7-9,28,30H,5-6,10H2,1-2H3. The van der Waals surface area contributed by atoms with Crippen LogP contribution < -0.4 is 14.8 Å². The Morgan fingerprint density at radius 3 is 2.31 bits per heavy atom. The molecule has 0 saturated carbocycles. The molecule has 35 heavy (non-hydrogen) atoms. The Morgan fingerprint density at radius 1 is 1.11 bits per heavy atom. The van der Waals surface area contributed by atoms with E-state index in [-0.39, 0.29) is 60.3 Å². The summed E-state index contributed by atoms with van der Waals surface area (Å²) in [5, 5.41) is 11.9. The van der Waals surface area contributed by atoms with Crippen molar-refractivity contribution in [3.63, 3.8) is 0 Å². The number of nitrogens with one attached hydrogen (secondary N) is 1. The number of anilines is 1. The number of benzene rings is 2. The number of aliphatic hydroxyl groups excluding tert-OH is 1. The van der Waals surface area contributed by atoms with Gasteiger partial charge in [0.15, 0.2) is 28.9 Å². The summed E-state index contributed by atoms with van der Waals surface area (Å²) in [4.78, 5) is 26.0. The largest absolute Gasteiger partial charge is 0.493 e. The number of esters is 1. The van der Waals surface area contributed by atoms with Crippen LogP contribution in [0.1, 0.15) is 5.56 Å². The van der Waals surface area contributed by atoms with Crippen molar-refractivity contribution in [2.75, 3.05) is 39.2 Å². The Bertz CT molecular complexity index is 1160. The Kier molecular flexibility index (Phi) is 7.48. The average molecular weight is 502 g/mol. The molecule has 0 aromatic heterocycles. The first-order valence-corrected chi connectivity index (χ1v) is 9.90. The number of alkyl halides is 3. The third kappa shape index (κ3) is 5.45. The SMILES string of the molecule is COC(=O)C1=C(Nc2ccc(OC)c(Oc3c(F)cc(C(F)(F)F)cc3F)c2)C(=O)N(CCO)C1. The lowest BCUT2D eigenvalue weighted by Crippen LogP contribution is -2.31. The number of nitrogens with zero attached hydrogens (tertiary/aromatic N) is 1. The molecule has 0 bridgehead atoms. The van der Waals surface area contributed by atoms with Gasteiger partial charge in [0.1, 0.15) is 5.70 Å². The van der Waals surface area contributed by atoms with Gasteiger partial charge in [-0.25, -0.2) is 13.6 Å². The number of hydrogen-bond acceptors (Lipinski definition) is 7. The minimum absolute atomic E-state index is 0.0240. The molecule has 0 unspecified atom stereocenters. The van der Waals surface area contributed by atoms with Gasteiger partial charge < -0.3 is 29.5 Å². The van der Waals surface area contributed by atoms with Crippen molar-refractivity contribution < 1.29 is 50.9 Å². The normalized spacial score (nSPS) is 13.8. The van der Waals surface area contributed by atoms with E-state index in [1.54, 1.807) is 0 Å².